The van der Waals surface area contributed by atoms with Gasteiger partial charge in [0.1, 0.15) is 0 Å². The van der Waals surface area contributed by atoms with E-state index in [9.17, 15) is 18.3 Å². The Labute approximate surface area is 126 Å². The Kier molecular flexibility index (Phi) is 4.22. The number of benzene rings is 1. The third-order valence-electron chi connectivity index (χ3n) is 3.74. The summed E-state index contributed by atoms with van der Waals surface area (Å²) in [7, 11) is -3.71. The molecule has 110 valence electrons. The number of carboxylic acid groups (broad SMARTS) is 1. The summed E-state index contributed by atoms with van der Waals surface area (Å²) in [5, 5.41) is 9.20. The lowest BCUT2D eigenvalue weighted by molar-refractivity contribution is -0.153. The molecule has 1 aromatic rings. The minimum atomic E-state index is -3.71. The van der Waals surface area contributed by atoms with Gasteiger partial charge in [-0.25, -0.2) is 13.1 Å². The summed E-state index contributed by atoms with van der Waals surface area (Å²) in [4.78, 5) is 11.4. The number of aliphatic carboxylic acids is 1. The minimum absolute atomic E-state index is 0.0645. The zero-order chi connectivity index (χ0) is 15.0. The number of carbonyl (C=O) groups is 1. The molecule has 20 heavy (non-hydrogen) atoms. The lowest BCUT2D eigenvalue weighted by Crippen LogP contribution is -2.47. The second-order valence-electron chi connectivity index (χ2n) is 5.20. The van der Waals surface area contributed by atoms with Crippen molar-refractivity contribution in [3.05, 3.63) is 28.2 Å². The number of rotatable bonds is 5. The van der Waals surface area contributed by atoms with Gasteiger partial charge in [-0.15, -0.1) is 0 Å². The van der Waals surface area contributed by atoms with Crippen LogP contribution >= 0.6 is 15.9 Å². The highest BCUT2D eigenvalue weighted by Gasteiger charge is 2.45. The highest BCUT2D eigenvalue weighted by atomic mass is 79.9. The van der Waals surface area contributed by atoms with E-state index < -0.39 is 21.4 Å². The summed E-state index contributed by atoms with van der Waals surface area (Å²) in [5.41, 5.74) is 0.00127. The molecule has 2 N–H and O–H groups in total. The number of sulfonamides is 1. The Hall–Kier alpha value is -0.920. The van der Waals surface area contributed by atoms with E-state index in [-0.39, 0.29) is 11.4 Å². The summed E-state index contributed by atoms with van der Waals surface area (Å²) in [5.74, 6) is -0.936. The van der Waals surface area contributed by atoms with Crippen LogP contribution in [-0.4, -0.2) is 26.0 Å². The van der Waals surface area contributed by atoms with Gasteiger partial charge in [0, 0.05) is 11.0 Å². The zero-order valence-corrected chi connectivity index (χ0v) is 13.4. The topological polar surface area (TPSA) is 83.5 Å². The average Bonchev–Trinajstić information content (AvgIpc) is 2.25. The van der Waals surface area contributed by atoms with Crippen molar-refractivity contribution in [2.24, 2.45) is 5.41 Å². The van der Waals surface area contributed by atoms with Crippen molar-refractivity contribution in [3.8, 4) is 0 Å². The van der Waals surface area contributed by atoms with Crippen molar-refractivity contribution >= 4 is 31.9 Å². The quantitative estimate of drug-likeness (QED) is 0.842. The number of hydrogen-bond donors (Lipinski definition) is 2. The molecule has 0 saturated heterocycles. The summed E-state index contributed by atoms with van der Waals surface area (Å²) in [6.45, 7) is 1.80. The third-order valence-corrected chi connectivity index (χ3v) is 6.12. The average molecular weight is 362 g/mol. The van der Waals surface area contributed by atoms with E-state index >= 15 is 0 Å². The molecule has 0 bridgehead atoms. The summed E-state index contributed by atoms with van der Waals surface area (Å²) >= 11 is 3.23. The van der Waals surface area contributed by atoms with E-state index in [0.29, 0.717) is 17.3 Å². The Bertz CT molecular complexity index is 638. The molecule has 0 aromatic heterocycles. The van der Waals surface area contributed by atoms with Crippen molar-refractivity contribution in [1.29, 1.82) is 0 Å². The van der Waals surface area contributed by atoms with Crippen molar-refractivity contribution < 1.29 is 18.3 Å². The largest absolute Gasteiger partial charge is 0.481 e. The van der Waals surface area contributed by atoms with E-state index in [0.717, 1.165) is 12.0 Å². The van der Waals surface area contributed by atoms with Gasteiger partial charge in [0.25, 0.3) is 0 Å². The summed E-state index contributed by atoms with van der Waals surface area (Å²) in [6, 6.07) is 4.93. The smallest absolute Gasteiger partial charge is 0.310 e. The fourth-order valence-electron chi connectivity index (χ4n) is 2.20. The summed E-state index contributed by atoms with van der Waals surface area (Å²) in [6.07, 6.45) is 1.85. The first-order valence-electron chi connectivity index (χ1n) is 6.26. The monoisotopic (exact) mass is 361 g/mol. The minimum Gasteiger partial charge on any atom is -0.481 e. The van der Waals surface area contributed by atoms with Crippen LogP contribution in [0.25, 0.3) is 0 Å². The third kappa shape index (κ3) is 2.89. The number of nitrogens with one attached hydrogen (secondary N) is 1. The first-order valence-corrected chi connectivity index (χ1v) is 8.54. The molecule has 0 spiro atoms. The van der Waals surface area contributed by atoms with Crippen molar-refractivity contribution in [2.45, 2.75) is 31.1 Å². The van der Waals surface area contributed by atoms with Crippen LogP contribution < -0.4 is 4.72 Å². The van der Waals surface area contributed by atoms with Gasteiger partial charge in [-0.1, -0.05) is 12.5 Å². The van der Waals surface area contributed by atoms with Gasteiger partial charge in [0.05, 0.1) is 10.3 Å². The van der Waals surface area contributed by atoms with Crippen LogP contribution in [0.5, 0.6) is 0 Å². The zero-order valence-electron chi connectivity index (χ0n) is 11.0. The van der Waals surface area contributed by atoms with E-state index in [1.807, 2.05) is 6.92 Å². The molecule has 5 nitrogen and oxygen atoms in total. The summed E-state index contributed by atoms with van der Waals surface area (Å²) < 4.78 is 27.4. The van der Waals surface area contributed by atoms with Crippen LogP contribution in [-0.2, 0) is 14.8 Å². The Morgan fingerprint density at radius 2 is 2.10 bits per heavy atom. The molecule has 1 aliphatic rings. The molecule has 0 aliphatic heterocycles. The fraction of sp³-hybridized carbons (Fsp3) is 0.462. The van der Waals surface area contributed by atoms with Gasteiger partial charge in [-0.05, 0) is 53.4 Å². The normalized spacial score (nSPS) is 17.5. The van der Waals surface area contributed by atoms with E-state index in [2.05, 4.69) is 20.7 Å². The predicted molar refractivity (Wildman–Crippen MR) is 78.0 cm³/mol. The molecule has 1 saturated carbocycles. The second kappa shape index (κ2) is 5.46. The molecule has 1 aliphatic carbocycles. The molecule has 1 fully saturated rings. The van der Waals surface area contributed by atoms with Gasteiger partial charge >= 0.3 is 5.97 Å². The molecule has 2 rings (SSSR count). The van der Waals surface area contributed by atoms with Crippen molar-refractivity contribution in [1.82, 2.24) is 4.72 Å². The van der Waals surface area contributed by atoms with Gasteiger partial charge in [-0.2, -0.15) is 0 Å². The van der Waals surface area contributed by atoms with Gasteiger partial charge in [0.15, 0.2) is 0 Å². The molecule has 0 atom stereocenters. The van der Waals surface area contributed by atoms with Gasteiger partial charge in [0.2, 0.25) is 10.0 Å². The highest BCUT2D eigenvalue weighted by molar-refractivity contribution is 9.10. The van der Waals surface area contributed by atoms with E-state index in [1.54, 1.807) is 12.1 Å². The SMILES string of the molecule is Cc1ccc(S(=O)(=O)NCC2(C(=O)O)CCC2)c(Br)c1. The van der Waals surface area contributed by atoms with Crippen molar-refractivity contribution in [2.75, 3.05) is 6.54 Å². The Balaban J connectivity index is 2.17. The van der Waals surface area contributed by atoms with Gasteiger partial charge < -0.3 is 5.11 Å². The standard InChI is InChI=1S/C13H16BrNO4S/c1-9-3-4-11(10(14)7-9)20(18,19)15-8-13(12(16)17)5-2-6-13/h3-4,7,15H,2,5-6,8H2,1H3,(H,16,17). The number of hydrogen-bond acceptors (Lipinski definition) is 3. The van der Waals surface area contributed by atoms with Crippen LogP contribution in [0.4, 0.5) is 0 Å². The lowest BCUT2D eigenvalue weighted by Gasteiger charge is -2.37. The second-order valence-corrected chi connectivity index (χ2v) is 7.79. The molecule has 0 amide bonds. The van der Waals surface area contributed by atoms with Gasteiger partial charge in [-0.3, -0.25) is 4.79 Å². The van der Waals surface area contributed by atoms with E-state index in [1.165, 1.54) is 6.07 Å². The lowest BCUT2D eigenvalue weighted by atomic mass is 9.69. The molecular weight excluding hydrogens is 346 g/mol. The van der Waals surface area contributed by atoms with Crippen LogP contribution in [0.15, 0.2) is 27.6 Å². The first-order chi connectivity index (χ1) is 9.27. The predicted octanol–water partition coefficient (Wildman–Crippen LogP) is 2.29. The van der Waals surface area contributed by atoms with Crippen LogP contribution in [0.1, 0.15) is 24.8 Å². The van der Waals surface area contributed by atoms with Crippen LogP contribution in [0.2, 0.25) is 0 Å². The number of aryl methyl sites for hydroxylation is 1. The number of carboxylic acids is 1. The maximum atomic E-state index is 12.2. The van der Waals surface area contributed by atoms with Crippen molar-refractivity contribution in [3.63, 3.8) is 0 Å². The molecule has 0 radical (unpaired) electrons. The molecule has 7 heteroatoms. The van der Waals surface area contributed by atoms with Crippen LogP contribution in [0.3, 0.4) is 0 Å². The Morgan fingerprint density at radius 3 is 2.55 bits per heavy atom. The highest BCUT2D eigenvalue weighted by Crippen LogP contribution is 2.40. The molecular formula is C13H16BrNO4S. The van der Waals surface area contributed by atoms with E-state index in [4.69, 9.17) is 0 Å². The fourth-order valence-corrected chi connectivity index (χ4v) is 4.52. The van der Waals surface area contributed by atoms with Crippen LogP contribution in [0, 0.1) is 12.3 Å². The first kappa shape index (κ1) is 15.5. The molecule has 0 unspecified atom stereocenters. The maximum Gasteiger partial charge on any atom is 0.310 e. The molecule has 1 aromatic carbocycles. The molecule has 0 heterocycles. The maximum absolute atomic E-state index is 12.2. The number of halogens is 1. The Morgan fingerprint density at radius 1 is 1.45 bits per heavy atom.